The first-order valence-corrected chi connectivity index (χ1v) is 6.43. The summed E-state index contributed by atoms with van der Waals surface area (Å²) >= 11 is 0. The van der Waals surface area contributed by atoms with E-state index in [0.29, 0.717) is 19.6 Å². The summed E-state index contributed by atoms with van der Waals surface area (Å²) in [7, 11) is 1.68. The highest BCUT2D eigenvalue weighted by molar-refractivity contribution is 5.75. The first-order valence-electron chi connectivity index (χ1n) is 6.43. The van der Waals surface area contributed by atoms with Crippen LogP contribution in [0.25, 0.3) is 11.0 Å². The van der Waals surface area contributed by atoms with Gasteiger partial charge in [0.15, 0.2) is 0 Å². The monoisotopic (exact) mass is 263 g/mol. The van der Waals surface area contributed by atoms with Gasteiger partial charge in [-0.3, -0.25) is 0 Å². The van der Waals surface area contributed by atoms with Crippen LogP contribution in [0.1, 0.15) is 12.7 Å². The number of methoxy groups -OCH3 is 1. The van der Waals surface area contributed by atoms with Crippen molar-refractivity contribution < 1.29 is 9.84 Å². The van der Waals surface area contributed by atoms with Gasteiger partial charge in [-0.25, -0.2) is 4.98 Å². The maximum Gasteiger partial charge on any atom is 0.112 e. The summed E-state index contributed by atoms with van der Waals surface area (Å²) in [5.41, 5.74) is 6.64. The first kappa shape index (κ1) is 14.0. The van der Waals surface area contributed by atoms with Crippen molar-refractivity contribution in [2.24, 2.45) is 5.73 Å². The smallest absolute Gasteiger partial charge is 0.112 e. The molecule has 0 saturated heterocycles. The Labute approximate surface area is 113 Å². The van der Waals surface area contributed by atoms with Gasteiger partial charge < -0.3 is 20.1 Å². The molecule has 3 N–H and O–H groups in total. The number of imidazole rings is 1. The highest BCUT2D eigenvalue weighted by Gasteiger charge is 2.23. The Morgan fingerprint density at radius 3 is 2.84 bits per heavy atom. The van der Waals surface area contributed by atoms with Crippen LogP contribution in [0.15, 0.2) is 24.3 Å². The van der Waals surface area contributed by atoms with Gasteiger partial charge in [0.1, 0.15) is 5.82 Å². The standard InChI is InChI=1S/C14H21N3O2/c1-14(18,10-15)9-13-16-11-5-3-4-6-12(11)17(13)7-8-19-2/h3-6,18H,7-10,15H2,1-2H3. The van der Waals surface area contributed by atoms with Gasteiger partial charge in [0.2, 0.25) is 0 Å². The van der Waals surface area contributed by atoms with Crippen LogP contribution in [0.2, 0.25) is 0 Å². The van der Waals surface area contributed by atoms with E-state index >= 15 is 0 Å². The minimum absolute atomic E-state index is 0.209. The molecule has 1 aromatic heterocycles. The third-order valence-electron chi connectivity index (χ3n) is 3.23. The Kier molecular flexibility index (Phi) is 4.19. The fourth-order valence-electron chi connectivity index (χ4n) is 2.11. The summed E-state index contributed by atoms with van der Waals surface area (Å²) in [6.45, 7) is 3.26. The number of nitrogens with two attached hydrogens (primary N) is 1. The van der Waals surface area contributed by atoms with E-state index in [1.54, 1.807) is 14.0 Å². The summed E-state index contributed by atoms with van der Waals surface area (Å²) in [6, 6.07) is 7.94. The summed E-state index contributed by atoms with van der Waals surface area (Å²) < 4.78 is 7.23. The molecule has 0 aliphatic rings. The zero-order valence-electron chi connectivity index (χ0n) is 11.5. The number of para-hydroxylation sites is 2. The lowest BCUT2D eigenvalue weighted by Gasteiger charge is -2.21. The van der Waals surface area contributed by atoms with Crippen LogP contribution in [0.3, 0.4) is 0 Å². The van der Waals surface area contributed by atoms with Crippen LogP contribution >= 0.6 is 0 Å². The molecule has 104 valence electrons. The largest absolute Gasteiger partial charge is 0.388 e. The Hall–Kier alpha value is -1.43. The van der Waals surface area contributed by atoms with Crippen molar-refractivity contribution in [2.45, 2.75) is 25.5 Å². The average Bonchev–Trinajstić information content (AvgIpc) is 2.73. The molecule has 1 atom stereocenters. The van der Waals surface area contributed by atoms with Crippen molar-refractivity contribution in [2.75, 3.05) is 20.3 Å². The minimum atomic E-state index is -0.938. The zero-order chi connectivity index (χ0) is 13.9. The molecule has 0 bridgehead atoms. The van der Waals surface area contributed by atoms with Crippen LogP contribution < -0.4 is 5.73 Å². The van der Waals surface area contributed by atoms with Crippen LogP contribution in [-0.2, 0) is 17.7 Å². The number of hydrogen-bond donors (Lipinski definition) is 2. The quantitative estimate of drug-likeness (QED) is 0.813. The fraction of sp³-hybridized carbons (Fsp3) is 0.500. The van der Waals surface area contributed by atoms with E-state index in [1.165, 1.54) is 0 Å². The molecule has 2 rings (SSSR count). The van der Waals surface area contributed by atoms with Gasteiger partial charge in [0.05, 0.1) is 23.2 Å². The molecule has 1 unspecified atom stereocenters. The molecule has 2 aromatic rings. The summed E-state index contributed by atoms with van der Waals surface area (Å²) in [4.78, 5) is 4.59. The fourth-order valence-corrected chi connectivity index (χ4v) is 2.11. The van der Waals surface area contributed by atoms with Crippen molar-refractivity contribution >= 4 is 11.0 Å². The Morgan fingerprint density at radius 2 is 2.16 bits per heavy atom. The molecule has 19 heavy (non-hydrogen) atoms. The number of rotatable bonds is 6. The minimum Gasteiger partial charge on any atom is -0.388 e. The van der Waals surface area contributed by atoms with Gasteiger partial charge in [-0.2, -0.15) is 0 Å². The number of hydrogen-bond acceptors (Lipinski definition) is 4. The lowest BCUT2D eigenvalue weighted by atomic mass is 10.0. The van der Waals surface area contributed by atoms with Gasteiger partial charge >= 0.3 is 0 Å². The average molecular weight is 263 g/mol. The summed E-state index contributed by atoms with van der Waals surface area (Å²) in [6.07, 6.45) is 0.432. The Balaban J connectivity index is 2.40. The lowest BCUT2D eigenvalue weighted by Crippen LogP contribution is -2.37. The normalized spacial score (nSPS) is 14.7. The summed E-state index contributed by atoms with van der Waals surface area (Å²) in [5.74, 6) is 0.841. The van der Waals surface area contributed by atoms with Crippen molar-refractivity contribution in [3.63, 3.8) is 0 Å². The molecule has 0 spiro atoms. The van der Waals surface area contributed by atoms with Crippen molar-refractivity contribution in [3.05, 3.63) is 30.1 Å². The van der Waals surface area contributed by atoms with E-state index in [1.807, 2.05) is 24.3 Å². The highest BCUT2D eigenvalue weighted by Crippen LogP contribution is 2.19. The van der Waals surface area contributed by atoms with Crippen LogP contribution in [0.5, 0.6) is 0 Å². The number of aliphatic hydroxyl groups is 1. The van der Waals surface area contributed by atoms with E-state index in [4.69, 9.17) is 10.5 Å². The van der Waals surface area contributed by atoms with Gasteiger partial charge in [-0.15, -0.1) is 0 Å². The molecule has 1 aromatic carbocycles. The molecule has 0 radical (unpaired) electrons. The third kappa shape index (κ3) is 3.12. The van der Waals surface area contributed by atoms with Gasteiger partial charge in [-0.1, -0.05) is 12.1 Å². The van der Waals surface area contributed by atoms with E-state index in [2.05, 4.69) is 9.55 Å². The molecule has 5 nitrogen and oxygen atoms in total. The lowest BCUT2D eigenvalue weighted by molar-refractivity contribution is 0.0663. The second-order valence-electron chi connectivity index (χ2n) is 5.04. The third-order valence-corrected chi connectivity index (χ3v) is 3.23. The van der Waals surface area contributed by atoms with E-state index < -0.39 is 5.60 Å². The molecule has 0 fully saturated rings. The predicted molar refractivity (Wildman–Crippen MR) is 75.0 cm³/mol. The topological polar surface area (TPSA) is 73.3 Å². The number of ether oxygens (including phenoxy) is 1. The van der Waals surface area contributed by atoms with Crippen molar-refractivity contribution in [1.29, 1.82) is 0 Å². The van der Waals surface area contributed by atoms with Gasteiger partial charge in [0, 0.05) is 26.6 Å². The Bertz CT molecular complexity index is 549. The molecular weight excluding hydrogens is 242 g/mol. The molecule has 0 aliphatic heterocycles. The van der Waals surface area contributed by atoms with E-state index in [0.717, 1.165) is 16.9 Å². The molecule has 5 heteroatoms. The second-order valence-corrected chi connectivity index (χ2v) is 5.04. The number of fused-ring (bicyclic) bond motifs is 1. The SMILES string of the molecule is COCCn1c(CC(C)(O)CN)nc2ccccc21. The predicted octanol–water partition coefficient (Wildman–Crippen LogP) is 0.935. The Morgan fingerprint density at radius 1 is 1.42 bits per heavy atom. The highest BCUT2D eigenvalue weighted by atomic mass is 16.5. The van der Waals surface area contributed by atoms with Crippen molar-refractivity contribution in [3.8, 4) is 0 Å². The van der Waals surface area contributed by atoms with E-state index in [-0.39, 0.29) is 6.54 Å². The van der Waals surface area contributed by atoms with E-state index in [9.17, 15) is 5.11 Å². The summed E-state index contributed by atoms with van der Waals surface area (Å²) in [5, 5.41) is 10.1. The number of nitrogens with zero attached hydrogens (tertiary/aromatic N) is 2. The first-order chi connectivity index (χ1) is 9.07. The molecule has 0 saturated carbocycles. The number of aromatic nitrogens is 2. The molecule has 0 aliphatic carbocycles. The second kappa shape index (κ2) is 5.69. The molecular formula is C14H21N3O2. The number of benzene rings is 1. The maximum absolute atomic E-state index is 10.1. The van der Waals surface area contributed by atoms with Crippen LogP contribution in [-0.4, -0.2) is 40.5 Å². The maximum atomic E-state index is 10.1. The molecule has 1 heterocycles. The van der Waals surface area contributed by atoms with Crippen molar-refractivity contribution in [1.82, 2.24) is 9.55 Å². The molecule has 0 amide bonds. The van der Waals surface area contributed by atoms with Crippen LogP contribution in [0.4, 0.5) is 0 Å². The zero-order valence-corrected chi connectivity index (χ0v) is 11.5. The van der Waals surface area contributed by atoms with Gasteiger partial charge in [-0.05, 0) is 19.1 Å². The van der Waals surface area contributed by atoms with Crippen LogP contribution in [0, 0.1) is 0 Å². The van der Waals surface area contributed by atoms with Gasteiger partial charge in [0.25, 0.3) is 0 Å².